The molecule has 0 aliphatic carbocycles. The van der Waals surface area contributed by atoms with E-state index >= 15 is 0 Å². The fourth-order valence-electron chi connectivity index (χ4n) is 12.5. The number of aliphatic hydroxyl groups excluding tert-OH is 1. The van der Waals surface area contributed by atoms with Gasteiger partial charge in [0.25, 0.3) is 11.8 Å². The van der Waals surface area contributed by atoms with Crippen LogP contribution in [0.5, 0.6) is 0 Å². The third-order valence-corrected chi connectivity index (χ3v) is 20.4. The Labute approximate surface area is 616 Å². The monoisotopic (exact) mass is 1490 g/mol. The van der Waals surface area contributed by atoms with Crippen molar-refractivity contribution in [2.24, 2.45) is 15.8 Å². The molecule has 4 aliphatic rings. The van der Waals surface area contributed by atoms with Crippen molar-refractivity contribution in [3.63, 3.8) is 0 Å². The number of hydrogen-bond acceptors (Lipinski definition) is 24. The number of nitrogens with zero attached hydrogens (tertiary/aromatic N) is 7. The number of esters is 1. The maximum Gasteiger partial charge on any atom is 0.308 e. The number of β-amino-alcohol motifs (C(OH)–C–C–N with tert-alkyl or cyclic N) is 1. The van der Waals surface area contributed by atoms with Crippen LogP contribution in [0.15, 0.2) is 77.2 Å². The number of carbonyl (C=O) groups is 8. The molecule has 0 radical (unpaired) electrons. The van der Waals surface area contributed by atoms with Crippen LogP contribution in [0.1, 0.15) is 125 Å². The van der Waals surface area contributed by atoms with E-state index in [9.17, 15) is 43.5 Å². The Morgan fingerprint density at radius 1 is 0.760 bits per heavy atom. The Kier molecular flexibility index (Phi) is 27.2. The van der Waals surface area contributed by atoms with E-state index < -0.39 is 95.0 Å². The molecule has 6 atom stereocenters. The highest BCUT2D eigenvalue weighted by Crippen LogP contribution is 2.40. The van der Waals surface area contributed by atoms with Crippen molar-refractivity contribution >= 4 is 93.0 Å². The number of ether oxygens (including phenoxy) is 8. The first kappa shape index (κ1) is 78.3. The minimum Gasteiger partial charge on any atom is -0.463 e. The second kappa shape index (κ2) is 36.1. The summed E-state index contributed by atoms with van der Waals surface area (Å²) in [6.45, 7) is 17.5. The Balaban J connectivity index is 0.660. The van der Waals surface area contributed by atoms with Crippen molar-refractivity contribution in [2.45, 2.75) is 118 Å². The highest BCUT2D eigenvalue weighted by atomic mass is 35.5. The number of aliphatic imine (C=N–C) groups is 1. The third-order valence-electron chi connectivity index (χ3n) is 18.0. The van der Waals surface area contributed by atoms with Crippen LogP contribution in [-0.4, -0.2) is 224 Å². The van der Waals surface area contributed by atoms with Crippen LogP contribution in [0.25, 0.3) is 15.4 Å². The van der Waals surface area contributed by atoms with Crippen molar-refractivity contribution < 1.29 is 81.4 Å². The molecule has 10 rings (SSSR count). The third kappa shape index (κ3) is 19.8. The molecule has 28 nitrogen and oxygen atoms in total. The van der Waals surface area contributed by atoms with Crippen LogP contribution in [0, 0.1) is 38.5 Å². The van der Waals surface area contributed by atoms with Crippen LogP contribution in [0.3, 0.4) is 0 Å². The summed E-state index contributed by atoms with van der Waals surface area (Å²) in [7, 11) is 0. The number of thiazole rings is 1. The number of hydrogen-bond donors (Lipinski definition) is 5. The molecule has 104 heavy (non-hydrogen) atoms. The second-order valence-electron chi connectivity index (χ2n) is 27.2. The number of fused-ring (bicyclic) bond motifs is 4. The number of piperidine rings is 1. The van der Waals surface area contributed by atoms with Crippen LogP contribution in [0.4, 0.5) is 5.69 Å². The normalized spacial score (nSPS) is 18.1. The number of likely N-dealkylation sites (tertiary alicyclic amines) is 1. The van der Waals surface area contributed by atoms with Crippen LogP contribution in [-0.2, 0) is 73.2 Å². The lowest BCUT2D eigenvalue weighted by molar-refractivity contribution is -0.146. The number of imide groups is 2. The predicted molar refractivity (Wildman–Crippen MR) is 386 cm³/mol. The number of nitrogens with one attached hydrogen (secondary N) is 4. The van der Waals surface area contributed by atoms with Crippen LogP contribution < -0.4 is 21.3 Å². The zero-order valence-electron chi connectivity index (χ0n) is 59.7. The van der Waals surface area contributed by atoms with E-state index in [2.05, 4.69) is 50.3 Å². The number of rotatable bonds is 37. The summed E-state index contributed by atoms with van der Waals surface area (Å²) in [4.78, 5) is 120. The van der Waals surface area contributed by atoms with Gasteiger partial charge in [-0.25, -0.2) is 4.98 Å². The second-order valence-corrected chi connectivity index (χ2v) is 29.7. The number of aromatic nitrogens is 4. The zero-order chi connectivity index (χ0) is 74.2. The molecule has 0 spiro atoms. The Morgan fingerprint density at radius 3 is 2.06 bits per heavy atom. The van der Waals surface area contributed by atoms with E-state index in [-0.39, 0.29) is 149 Å². The minimum atomic E-state index is -1.09. The first-order chi connectivity index (χ1) is 49.9. The molecule has 6 aromatic rings. The molecule has 7 amide bonds. The number of carbonyl (C=O) groups excluding carboxylic acids is 8. The summed E-state index contributed by atoms with van der Waals surface area (Å²) in [5, 5.41) is 32.3. The lowest BCUT2D eigenvalue weighted by atomic mass is 9.85. The molecule has 2 fully saturated rings. The molecule has 5 N–H and O–H groups in total. The van der Waals surface area contributed by atoms with Gasteiger partial charge in [0.15, 0.2) is 5.82 Å². The lowest BCUT2D eigenvalue weighted by Crippen LogP contribution is -2.58. The number of halogens is 1. The summed E-state index contributed by atoms with van der Waals surface area (Å²) < 4.78 is 48.9. The molecule has 3 aromatic carbocycles. The number of amides is 7. The van der Waals surface area contributed by atoms with Gasteiger partial charge < -0.3 is 63.9 Å². The number of anilines is 1. The first-order valence-corrected chi connectivity index (χ1v) is 36.7. The van der Waals surface area contributed by atoms with Crippen molar-refractivity contribution in [3.8, 4) is 15.4 Å². The molecule has 31 heteroatoms. The van der Waals surface area contributed by atoms with E-state index in [4.69, 9.17) is 54.5 Å². The average Bonchev–Trinajstić information content (AvgIpc) is 1.61. The van der Waals surface area contributed by atoms with Crippen molar-refractivity contribution in [1.29, 1.82) is 0 Å². The SMILES string of the molecule is Cc1ncsc1-c1ccc(CNC(=O)[C@@H]2C[C@@H](O)CN2C(=O)[C@@H](NC(=O)COCC(C)(COCCOCCOCCNc2cccc3c2C(=O)N(C2CCC(=O)NC2=O)C3=O)COCCOCCOCCOC(=O)C[C@@H]2N=C(c3ccc(Cl)cc3)c3c(sc(C)c3C)-n3c(C)nnc32)C(C)(C)C)cc1. The number of benzene rings is 3. The molecular formula is C73H90ClN11O17S2. The van der Waals surface area contributed by atoms with E-state index in [0.717, 1.165) is 58.9 Å². The maximum absolute atomic E-state index is 14.4. The summed E-state index contributed by atoms with van der Waals surface area (Å²) in [5.41, 5.74) is 7.31. The molecule has 2 saturated heterocycles. The van der Waals surface area contributed by atoms with E-state index in [1.807, 2.05) is 73.9 Å². The fourth-order valence-corrected chi connectivity index (χ4v) is 14.7. The molecular weight excluding hydrogens is 1400 g/mol. The number of aryl methyl sites for hydroxylation is 3. The Bertz CT molecular complexity index is 4080. The molecule has 2 unspecified atom stereocenters. The van der Waals surface area contributed by atoms with Gasteiger partial charge in [-0.15, -0.1) is 32.9 Å². The van der Waals surface area contributed by atoms with Gasteiger partial charge >= 0.3 is 5.97 Å². The van der Waals surface area contributed by atoms with Gasteiger partial charge in [0.05, 0.1) is 131 Å². The Hall–Kier alpha value is -8.27. The molecule has 0 bridgehead atoms. The zero-order valence-corrected chi connectivity index (χ0v) is 62.1. The molecule has 3 aromatic heterocycles. The van der Waals surface area contributed by atoms with Crippen LogP contribution >= 0.6 is 34.3 Å². The van der Waals surface area contributed by atoms with Gasteiger partial charge in [-0.1, -0.05) is 81.8 Å². The highest BCUT2D eigenvalue weighted by molar-refractivity contribution is 7.15. The van der Waals surface area contributed by atoms with Gasteiger partial charge in [-0.3, -0.25) is 58.1 Å². The van der Waals surface area contributed by atoms with Crippen LogP contribution in [0.2, 0.25) is 5.02 Å². The largest absolute Gasteiger partial charge is 0.463 e. The van der Waals surface area contributed by atoms with Crippen molar-refractivity contribution in [1.82, 2.24) is 45.5 Å². The van der Waals surface area contributed by atoms with E-state index in [0.29, 0.717) is 22.4 Å². The molecule has 558 valence electrons. The number of thiophene rings is 1. The molecule has 4 aliphatic heterocycles. The molecule has 7 heterocycles. The Morgan fingerprint density at radius 2 is 1.40 bits per heavy atom. The fraction of sp³-hybridized carbons (Fsp3) is 0.507. The summed E-state index contributed by atoms with van der Waals surface area (Å²) in [6.07, 6.45) is -0.935. The summed E-state index contributed by atoms with van der Waals surface area (Å²) >= 11 is 9.44. The van der Waals surface area contributed by atoms with E-state index in [1.54, 1.807) is 61.1 Å². The predicted octanol–water partition coefficient (Wildman–Crippen LogP) is 6.61. The summed E-state index contributed by atoms with van der Waals surface area (Å²) in [6, 6.07) is 16.2. The average molecular weight is 1490 g/mol. The smallest absolute Gasteiger partial charge is 0.308 e. The molecule has 0 saturated carbocycles. The quantitative estimate of drug-likeness (QED) is 0.0156. The maximum atomic E-state index is 14.4. The topological polar surface area (TPSA) is 341 Å². The minimum absolute atomic E-state index is 0.00267. The van der Waals surface area contributed by atoms with Crippen molar-refractivity contribution in [2.75, 3.05) is 118 Å². The number of aliphatic hydroxyl groups is 1. The highest BCUT2D eigenvalue weighted by Gasteiger charge is 2.47. The summed E-state index contributed by atoms with van der Waals surface area (Å²) in [5.74, 6) is -3.13. The van der Waals surface area contributed by atoms with E-state index in [1.165, 1.54) is 11.0 Å². The van der Waals surface area contributed by atoms with Gasteiger partial charge in [-0.05, 0) is 80.5 Å². The van der Waals surface area contributed by atoms with Gasteiger partial charge in [0, 0.05) is 64.6 Å². The first-order valence-electron chi connectivity index (χ1n) is 34.6. The van der Waals surface area contributed by atoms with Gasteiger partial charge in [0.2, 0.25) is 29.5 Å². The lowest BCUT2D eigenvalue weighted by Gasteiger charge is -2.35. The van der Waals surface area contributed by atoms with Crippen molar-refractivity contribution in [3.05, 3.63) is 133 Å². The van der Waals surface area contributed by atoms with Gasteiger partial charge in [0.1, 0.15) is 48.2 Å². The van der Waals surface area contributed by atoms with Gasteiger partial charge in [-0.2, -0.15) is 0 Å². The standard InChI is InChI=1S/C73H90ClN11O17S2/c1-43-45(3)104-71-60(43)62(48-16-18-50(74)19-17-48)78-54(65-82-81-46(4)84(65)71)35-59(89)102-33-32-98-27-26-97-29-31-100-40-73(8,39-99-30-28-96-25-24-95-23-22-75-53-11-9-10-52-61(53)69(93)85(68(52)92)55-20-21-57(87)80-67(55)91)41-101-38-58(88)79-64(72(5,6)7)70(94)83-37-51(86)34-56(83)66(90)76-36-47-12-14-49(15-13-47)63-44(2)77-42-103-63/h9-19,42,51,54-56,64,75,86H,20-41H2,1-8H3,(H,76,90)(H,79,88)(H,80,87,91)/t51-,54+,55?,56+,64-,73?/m1/s1.